The molecule has 0 spiro atoms. The number of methoxy groups -OCH3 is 1. The molecule has 1 aromatic carbocycles. The van der Waals surface area contributed by atoms with E-state index in [9.17, 15) is 18.0 Å². The third-order valence-corrected chi connectivity index (χ3v) is 10.3. The Morgan fingerprint density at radius 2 is 2.07 bits per heavy atom. The summed E-state index contributed by atoms with van der Waals surface area (Å²) in [5, 5.41) is 8.32. The molecule has 2 aromatic heterocycles. The van der Waals surface area contributed by atoms with Gasteiger partial charge in [-0.15, -0.1) is 0 Å². The van der Waals surface area contributed by atoms with Crippen molar-refractivity contribution in [1.29, 1.82) is 0 Å². The minimum atomic E-state index is -4.82. The smallest absolute Gasteiger partial charge is 0.416 e. The number of anilines is 2. The number of aryl methyl sites for hydroxylation is 1. The number of alkyl halides is 3. The number of aromatic nitrogens is 4. The van der Waals surface area contributed by atoms with E-state index >= 15 is 4.39 Å². The van der Waals surface area contributed by atoms with Gasteiger partial charge < -0.3 is 30.3 Å². The first-order chi connectivity index (χ1) is 21.9. The summed E-state index contributed by atoms with van der Waals surface area (Å²) in [5.74, 6) is -0.510. The minimum absolute atomic E-state index is 0.000312. The number of nitrogens with two attached hydrogens (primary N) is 1. The first-order valence-corrected chi connectivity index (χ1v) is 15.5. The van der Waals surface area contributed by atoms with Crippen molar-refractivity contribution < 1.29 is 31.8 Å². The van der Waals surface area contributed by atoms with Crippen LogP contribution in [0.5, 0.6) is 6.01 Å². The van der Waals surface area contributed by atoms with Gasteiger partial charge in [-0.25, -0.2) is 4.39 Å². The number of nitrogens with zero attached hydrogens (tertiary/aromatic N) is 6. The zero-order chi connectivity index (χ0) is 32.5. The van der Waals surface area contributed by atoms with E-state index in [1.54, 1.807) is 4.68 Å². The van der Waals surface area contributed by atoms with Gasteiger partial charge in [0.05, 0.1) is 54.0 Å². The maximum Gasteiger partial charge on any atom is 0.416 e. The number of ether oxygens (including phenoxy) is 2. The molecule has 3 atom stereocenters. The van der Waals surface area contributed by atoms with Crippen LogP contribution in [0.1, 0.15) is 63.9 Å². The Bertz CT molecular complexity index is 1710. The first kappa shape index (κ1) is 30.9. The topological polar surface area (TPSA) is 124 Å². The number of benzene rings is 1. The molecule has 16 heteroatoms. The second kappa shape index (κ2) is 11.2. The van der Waals surface area contributed by atoms with Crippen LogP contribution in [0.4, 0.5) is 29.1 Å². The van der Waals surface area contributed by atoms with Crippen LogP contribution in [-0.4, -0.2) is 69.9 Å². The normalized spacial score (nSPS) is 24.2. The number of hydrogen-bond donors (Lipinski definition) is 2. The average molecular weight is 665 g/mol. The van der Waals surface area contributed by atoms with Gasteiger partial charge in [0, 0.05) is 49.3 Å². The lowest BCUT2D eigenvalue weighted by molar-refractivity contribution is -0.140. The predicted octanol–water partition coefficient (Wildman–Crippen LogP) is 4.12. The number of rotatable bonds is 5. The third kappa shape index (κ3) is 4.94. The number of hydrogen-bond acceptors (Lipinski definition) is 9. The van der Waals surface area contributed by atoms with Crippen molar-refractivity contribution >= 4 is 29.0 Å². The van der Waals surface area contributed by atoms with E-state index in [4.69, 9.17) is 26.8 Å². The fourth-order valence-corrected chi connectivity index (χ4v) is 7.57. The van der Waals surface area contributed by atoms with Gasteiger partial charge in [-0.3, -0.25) is 9.48 Å². The summed E-state index contributed by atoms with van der Waals surface area (Å²) in [4.78, 5) is 26.4. The molecule has 3 N–H and O–H groups in total. The number of likely N-dealkylation sites (tertiary alicyclic amines) is 1. The Balaban J connectivity index is 1.19. The molecule has 246 valence electrons. The van der Waals surface area contributed by atoms with Gasteiger partial charge in [0.2, 0.25) is 0 Å². The second-order valence-corrected chi connectivity index (χ2v) is 12.7. The van der Waals surface area contributed by atoms with Gasteiger partial charge >= 0.3 is 12.2 Å². The molecule has 1 saturated carbocycles. The molecule has 1 amide bonds. The Morgan fingerprint density at radius 3 is 2.74 bits per heavy atom. The minimum Gasteiger partial charge on any atom is -0.467 e. The molecule has 4 aliphatic rings. The molecule has 3 unspecified atom stereocenters. The highest BCUT2D eigenvalue weighted by molar-refractivity contribution is 6.34. The van der Waals surface area contributed by atoms with Crippen LogP contribution in [0.2, 0.25) is 5.02 Å². The summed E-state index contributed by atoms with van der Waals surface area (Å²) in [5.41, 5.74) is 5.15. The van der Waals surface area contributed by atoms with Crippen molar-refractivity contribution in [2.24, 2.45) is 5.92 Å². The average Bonchev–Trinajstić information content (AvgIpc) is 3.36. The largest absolute Gasteiger partial charge is 0.467 e. The highest BCUT2D eigenvalue weighted by atomic mass is 35.5. The number of carbonyl (C=O) groups is 1. The molecule has 3 aromatic rings. The zero-order valence-corrected chi connectivity index (χ0v) is 26.0. The van der Waals surface area contributed by atoms with Crippen molar-refractivity contribution in [3.05, 3.63) is 56.7 Å². The van der Waals surface area contributed by atoms with E-state index in [0.717, 1.165) is 25.0 Å². The van der Waals surface area contributed by atoms with Crippen molar-refractivity contribution in [2.75, 3.05) is 44.4 Å². The number of nitrogens with one attached hydrogen (secondary N) is 1. The summed E-state index contributed by atoms with van der Waals surface area (Å²) in [6.07, 6.45) is -3.55. The molecule has 11 nitrogen and oxygen atoms in total. The molecular weight excluding hydrogens is 632 g/mol. The van der Waals surface area contributed by atoms with E-state index in [1.807, 2.05) is 16.8 Å². The van der Waals surface area contributed by atoms with E-state index in [2.05, 4.69) is 20.4 Å². The summed E-state index contributed by atoms with van der Waals surface area (Å²) < 4.78 is 69.7. The SMILES string of the molecule is CNC12CCC1CN(C(=O)c1nn3c(c1Cl)CN(c1nc(OC)nc4c1COC(c1c(C(F)(F)F)ccc(N)c1F)C4)CCC3)C2. The lowest BCUT2D eigenvalue weighted by atomic mass is 9.69. The summed E-state index contributed by atoms with van der Waals surface area (Å²) in [7, 11) is 3.32. The number of amides is 1. The molecule has 3 aliphatic heterocycles. The highest BCUT2D eigenvalue weighted by Gasteiger charge is 2.53. The Kier molecular flexibility index (Phi) is 7.55. The van der Waals surface area contributed by atoms with Crippen LogP contribution in [0.3, 0.4) is 0 Å². The van der Waals surface area contributed by atoms with Crippen LogP contribution in [0, 0.1) is 11.7 Å². The van der Waals surface area contributed by atoms with E-state index < -0.39 is 34.9 Å². The fraction of sp³-hybridized carbons (Fsp3) is 0.533. The molecule has 0 bridgehead atoms. The molecule has 0 radical (unpaired) electrons. The molecule has 46 heavy (non-hydrogen) atoms. The first-order valence-electron chi connectivity index (χ1n) is 15.1. The Morgan fingerprint density at radius 1 is 1.26 bits per heavy atom. The van der Waals surface area contributed by atoms with Gasteiger partial charge in [0.25, 0.3) is 5.91 Å². The molecular formula is C30H33ClF4N8O3. The van der Waals surface area contributed by atoms with Crippen molar-refractivity contribution in [1.82, 2.24) is 30.0 Å². The van der Waals surface area contributed by atoms with Gasteiger partial charge in [-0.05, 0) is 44.4 Å². The molecule has 1 saturated heterocycles. The molecule has 7 rings (SSSR count). The Labute approximate surface area is 267 Å². The fourth-order valence-electron chi connectivity index (χ4n) is 7.29. The summed E-state index contributed by atoms with van der Waals surface area (Å²) in [6.45, 7) is 2.37. The second-order valence-electron chi connectivity index (χ2n) is 12.3. The van der Waals surface area contributed by atoms with Crippen LogP contribution < -0.4 is 20.7 Å². The number of carbonyl (C=O) groups excluding carboxylic acids is 1. The van der Waals surface area contributed by atoms with Gasteiger partial charge in [0.1, 0.15) is 5.82 Å². The maximum atomic E-state index is 15.1. The van der Waals surface area contributed by atoms with E-state index in [0.29, 0.717) is 61.3 Å². The van der Waals surface area contributed by atoms with Gasteiger partial charge in [0.15, 0.2) is 11.5 Å². The third-order valence-electron chi connectivity index (χ3n) is 9.93. The monoisotopic (exact) mass is 664 g/mol. The highest BCUT2D eigenvalue weighted by Crippen LogP contribution is 2.46. The van der Waals surface area contributed by atoms with Crippen molar-refractivity contribution in [2.45, 2.75) is 63.2 Å². The molecule has 5 heterocycles. The molecule has 1 aliphatic carbocycles. The van der Waals surface area contributed by atoms with Gasteiger partial charge in [-0.1, -0.05) is 11.6 Å². The number of likely N-dealkylation sites (N-methyl/N-ethyl adjacent to an activating group) is 1. The van der Waals surface area contributed by atoms with Crippen LogP contribution in [0.15, 0.2) is 12.1 Å². The summed E-state index contributed by atoms with van der Waals surface area (Å²) >= 11 is 6.87. The quantitative estimate of drug-likeness (QED) is 0.306. The van der Waals surface area contributed by atoms with Crippen LogP contribution in [0.25, 0.3) is 0 Å². The standard InChI is InChI=1S/C30H33ClF4N8O3/c1-37-29-7-6-15(29)11-42(14-29)27(44)25-23(31)20-12-41(8-3-9-43(20)40-25)26-16-13-46-21(10-19(16)38-28(39-26)45-2)22-17(30(33,34)35)4-5-18(36)24(22)32/h4-5,15,21,37H,3,6-14,36H2,1-2H3. The molecule has 2 fully saturated rings. The van der Waals surface area contributed by atoms with Crippen LogP contribution in [-0.2, 0) is 37.0 Å². The lowest BCUT2D eigenvalue weighted by Crippen LogP contribution is -2.56. The van der Waals surface area contributed by atoms with Gasteiger partial charge in [-0.2, -0.15) is 28.2 Å². The van der Waals surface area contributed by atoms with Crippen LogP contribution >= 0.6 is 11.6 Å². The lowest BCUT2D eigenvalue weighted by Gasteiger charge is -2.43. The summed E-state index contributed by atoms with van der Waals surface area (Å²) in [6, 6.07) is 1.65. The maximum absolute atomic E-state index is 15.1. The zero-order valence-electron chi connectivity index (χ0n) is 25.3. The Hall–Kier alpha value is -3.69. The van der Waals surface area contributed by atoms with Crippen molar-refractivity contribution in [3.63, 3.8) is 0 Å². The van der Waals surface area contributed by atoms with E-state index in [1.165, 1.54) is 7.11 Å². The van der Waals surface area contributed by atoms with Crippen molar-refractivity contribution in [3.8, 4) is 6.01 Å². The van der Waals surface area contributed by atoms with E-state index in [-0.39, 0.29) is 47.7 Å². The number of halogens is 5. The number of nitrogen functional groups attached to an aromatic ring is 1. The number of fused-ring (bicyclic) bond motifs is 3. The predicted molar refractivity (Wildman–Crippen MR) is 159 cm³/mol.